The number of benzene rings is 2. The number of halogens is 3. The molecule has 2 aliphatic rings. The SMILES string of the molecule is O=C1CO[C@H]2CCN(Cc3cccc(C(F)(F)F)c3)C[C@@H]2CN1c1ccccc1. The van der Waals surface area contributed by atoms with Gasteiger partial charge in [-0.2, -0.15) is 13.2 Å². The normalized spacial score (nSPS) is 23.6. The Bertz CT molecular complexity index is 857. The van der Waals surface area contributed by atoms with Crippen LogP contribution in [0.1, 0.15) is 17.5 Å². The van der Waals surface area contributed by atoms with Crippen molar-refractivity contribution < 1.29 is 22.7 Å². The Balaban J connectivity index is 1.47. The second-order valence-corrected chi connectivity index (χ2v) is 7.67. The zero-order valence-corrected chi connectivity index (χ0v) is 15.9. The Morgan fingerprint density at radius 1 is 1.03 bits per heavy atom. The molecule has 0 bridgehead atoms. The molecule has 7 heteroatoms. The summed E-state index contributed by atoms with van der Waals surface area (Å²) in [5, 5.41) is 0. The highest BCUT2D eigenvalue weighted by Crippen LogP contribution is 2.31. The molecule has 2 heterocycles. The Labute approximate surface area is 167 Å². The zero-order chi connectivity index (χ0) is 20.4. The molecule has 29 heavy (non-hydrogen) atoms. The van der Waals surface area contributed by atoms with Crippen LogP contribution in [0, 0.1) is 5.92 Å². The number of likely N-dealkylation sites (tertiary alicyclic amines) is 1. The fourth-order valence-electron chi connectivity index (χ4n) is 4.18. The molecule has 2 atom stereocenters. The van der Waals surface area contributed by atoms with Crippen molar-refractivity contribution in [2.75, 3.05) is 31.1 Å². The van der Waals surface area contributed by atoms with Crippen molar-refractivity contribution in [1.82, 2.24) is 4.90 Å². The van der Waals surface area contributed by atoms with E-state index in [0.717, 1.165) is 24.7 Å². The molecule has 154 valence electrons. The van der Waals surface area contributed by atoms with Crippen LogP contribution in [-0.2, 0) is 22.3 Å². The standard InChI is InChI=1S/C22H23F3N2O2/c23-22(24,25)18-6-4-5-16(11-18)12-26-10-9-20-17(13-26)14-27(21(28)15-29-20)19-7-2-1-3-8-19/h1-8,11,17,20H,9-10,12-15H2/t17-,20+/m1/s1. The van der Waals surface area contributed by atoms with Gasteiger partial charge in [0.2, 0.25) is 0 Å². The van der Waals surface area contributed by atoms with Crippen LogP contribution in [0.5, 0.6) is 0 Å². The first-order valence-electron chi connectivity index (χ1n) is 9.75. The molecule has 4 nitrogen and oxygen atoms in total. The van der Waals surface area contributed by atoms with Crippen molar-refractivity contribution in [3.05, 3.63) is 65.7 Å². The van der Waals surface area contributed by atoms with Crippen LogP contribution < -0.4 is 4.90 Å². The van der Waals surface area contributed by atoms with E-state index in [9.17, 15) is 18.0 Å². The summed E-state index contributed by atoms with van der Waals surface area (Å²) in [5.74, 6) is 0.0521. The minimum Gasteiger partial charge on any atom is -0.368 e. The van der Waals surface area contributed by atoms with Crippen LogP contribution >= 0.6 is 0 Å². The average molecular weight is 404 g/mol. The Morgan fingerprint density at radius 3 is 2.59 bits per heavy atom. The van der Waals surface area contributed by atoms with Gasteiger partial charge in [0.25, 0.3) is 5.91 Å². The summed E-state index contributed by atoms with van der Waals surface area (Å²) in [6, 6.07) is 15.0. The van der Waals surface area contributed by atoms with Gasteiger partial charge < -0.3 is 9.64 Å². The van der Waals surface area contributed by atoms with Crippen molar-refractivity contribution in [1.29, 1.82) is 0 Å². The number of alkyl halides is 3. The molecule has 4 rings (SSSR count). The number of ether oxygens (including phenoxy) is 1. The number of piperidine rings is 1. The van der Waals surface area contributed by atoms with E-state index in [-0.39, 0.29) is 24.5 Å². The minimum atomic E-state index is -4.34. The predicted molar refractivity (Wildman–Crippen MR) is 103 cm³/mol. The Hall–Kier alpha value is -2.38. The van der Waals surface area contributed by atoms with Crippen molar-refractivity contribution >= 4 is 11.6 Å². The summed E-state index contributed by atoms with van der Waals surface area (Å²) in [5.41, 5.74) is 0.865. The molecule has 0 aliphatic carbocycles. The summed E-state index contributed by atoms with van der Waals surface area (Å²) < 4.78 is 44.8. The molecular weight excluding hydrogens is 381 g/mol. The minimum absolute atomic E-state index is 0.00887. The number of nitrogens with zero attached hydrogens (tertiary/aromatic N) is 2. The number of carbonyl (C=O) groups excluding carboxylic acids is 1. The van der Waals surface area contributed by atoms with Crippen molar-refractivity contribution in [3.8, 4) is 0 Å². The summed E-state index contributed by atoms with van der Waals surface area (Å²) in [6.07, 6.45) is -3.58. The van der Waals surface area contributed by atoms with Crippen molar-refractivity contribution in [2.45, 2.75) is 25.2 Å². The number of hydrogen-bond acceptors (Lipinski definition) is 3. The fraction of sp³-hybridized carbons (Fsp3) is 0.409. The van der Waals surface area contributed by atoms with E-state index in [2.05, 4.69) is 4.90 Å². The summed E-state index contributed by atoms with van der Waals surface area (Å²) in [4.78, 5) is 16.5. The van der Waals surface area contributed by atoms with Gasteiger partial charge in [0.1, 0.15) is 6.61 Å². The maximum atomic E-state index is 13.0. The van der Waals surface area contributed by atoms with Crippen LogP contribution in [0.4, 0.5) is 18.9 Å². The van der Waals surface area contributed by atoms with E-state index < -0.39 is 11.7 Å². The van der Waals surface area contributed by atoms with Gasteiger partial charge in [-0.15, -0.1) is 0 Å². The molecule has 2 saturated heterocycles. The van der Waals surface area contributed by atoms with Gasteiger partial charge >= 0.3 is 6.18 Å². The van der Waals surface area contributed by atoms with Crippen LogP contribution in [0.3, 0.4) is 0 Å². The molecule has 0 saturated carbocycles. The third-order valence-electron chi connectivity index (χ3n) is 5.62. The quantitative estimate of drug-likeness (QED) is 0.777. The van der Waals surface area contributed by atoms with Gasteiger partial charge in [0.15, 0.2) is 0 Å². The first kappa shape index (κ1) is 19.9. The Morgan fingerprint density at radius 2 is 1.83 bits per heavy atom. The molecule has 2 aliphatic heterocycles. The monoisotopic (exact) mass is 404 g/mol. The molecule has 0 aromatic heterocycles. The lowest BCUT2D eigenvalue weighted by Crippen LogP contribution is -2.47. The van der Waals surface area contributed by atoms with Crippen molar-refractivity contribution in [3.63, 3.8) is 0 Å². The molecule has 0 unspecified atom stereocenters. The Kier molecular flexibility index (Phi) is 5.61. The molecular formula is C22H23F3N2O2. The summed E-state index contributed by atoms with van der Waals surface area (Å²) in [6.45, 7) is 2.47. The second-order valence-electron chi connectivity index (χ2n) is 7.67. The first-order chi connectivity index (χ1) is 13.9. The number of fused-ring (bicyclic) bond motifs is 1. The molecule has 0 N–H and O–H groups in total. The van der Waals surface area contributed by atoms with E-state index >= 15 is 0 Å². The van der Waals surface area contributed by atoms with Gasteiger partial charge in [-0.1, -0.05) is 36.4 Å². The molecule has 1 amide bonds. The first-order valence-corrected chi connectivity index (χ1v) is 9.75. The van der Waals surface area contributed by atoms with Gasteiger partial charge in [0.05, 0.1) is 11.7 Å². The van der Waals surface area contributed by atoms with Crippen molar-refractivity contribution in [2.24, 2.45) is 5.92 Å². The average Bonchev–Trinajstić information content (AvgIpc) is 2.87. The second kappa shape index (κ2) is 8.16. The van der Waals surface area contributed by atoms with Crippen LogP contribution in [0.15, 0.2) is 54.6 Å². The largest absolute Gasteiger partial charge is 0.416 e. The van der Waals surface area contributed by atoms with Gasteiger partial charge in [-0.3, -0.25) is 9.69 Å². The third kappa shape index (κ3) is 4.62. The maximum Gasteiger partial charge on any atom is 0.416 e. The lowest BCUT2D eigenvalue weighted by Gasteiger charge is -2.38. The summed E-state index contributed by atoms with van der Waals surface area (Å²) >= 11 is 0. The van der Waals surface area contributed by atoms with E-state index in [1.807, 2.05) is 30.3 Å². The molecule has 2 fully saturated rings. The fourth-order valence-corrected chi connectivity index (χ4v) is 4.18. The number of para-hydroxylation sites is 1. The smallest absolute Gasteiger partial charge is 0.368 e. The van der Waals surface area contributed by atoms with Gasteiger partial charge in [-0.25, -0.2) is 0 Å². The van der Waals surface area contributed by atoms with Gasteiger partial charge in [-0.05, 0) is 30.2 Å². The number of hydrogen-bond donors (Lipinski definition) is 0. The highest BCUT2D eigenvalue weighted by molar-refractivity contribution is 5.94. The summed E-state index contributed by atoms with van der Waals surface area (Å²) in [7, 11) is 0. The van der Waals surface area contributed by atoms with Crippen LogP contribution in [0.2, 0.25) is 0 Å². The zero-order valence-electron chi connectivity index (χ0n) is 15.9. The van der Waals surface area contributed by atoms with Crippen LogP contribution in [-0.4, -0.2) is 43.2 Å². The number of carbonyl (C=O) groups is 1. The van der Waals surface area contributed by atoms with E-state index in [1.165, 1.54) is 12.1 Å². The lowest BCUT2D eigenvalue weighted by molar-refractivity contribution is -0.137. The van der Waals surface area contributed by atoms with Gasteiger partial charge in [0, 0.05) is 37.8 Å². The molecule has 0 radical (unpaired) electrons. The predicted octanol–water partition coefficient (Wildman–Crippen LogP) is 3.96. The number of amides is 1. The van der Waals surface area contributed by atoms with E-state index in [4.69, 9.17) is 4.74 Å². The highest BCUT2D eigenvalue weighted by atomic mass is 19.4. The third-order valence-corrected chi connectivity index (χ3v) is 5.62. The lowest BCUT2D eigenvalue weighted by atomic mass is 9.93. The maximum absolute atomic E-state index is 13.0. The number of rotatable bonds is 3. The molecule has 2 aromatic rings. The molecule has 0 spiro atoms. The van der Waals surface area contributed by atoms with Crippen LogP contribution in [0.25, 0.3) is 0 Å². The van der Waals surface area contributed by atoms with E-state index in [0.29, 0.717) is 25.2 Å². The van der Waals surface area contributed by atoms with E-state index in [1.54, 1.807) is 11.0 Å². The molecule has 2 aromatic carbocycles. The topological polar surface area (TPSA) is 32.8 Å². The number of anilines is 1. The highest BCUT2D eigenvalue weighted by Gasteiger charge is 2.36.